The average Bonchev–Trinajstić information content (AvgIpc) is 2.02. The van der Waals surface area contributed by atoms with Gasteiger partial charge in [0.05, 0.1) is 0 Å². The molecule has 1 aromatic rings. The largest absolute Gasteiger partial charge is 0.403 e. The lowest BCUT2D eigenvalue weighted by atomic mass is 10.1. The molecule has 78 valence electrons. The molecule has 5 heteroatoms. The molecule has 0 aromatic carbocycles. The predicted octanol–water partition coefficient (Wildman–Crippen LogP) is 1.82. The number of aryl methyl sites for hydroxylation is 1. The molecule has 0 aliphatic rings. The molecule has 0 aliphatic carbocycles. The van der Waals surface area contributed by atoms with Crippen LogP contribution < -0.4 is 5.73 Å². The van der Waals surface area contributed by atoms with Crippen LogP contribution in [-0.4, -0.2) is 17.2 Å². The Kier molecular flexibility index (Phi) is 3.10. The van der Waals surface area contributed by atoms with Crippen molar-refractivity contribution in [1.82, 2.24) is 4.98 Å². The molecule has 0 fully saturated rings. The highest BCUT2D eigenvalue weighted by Crippen LogP contribution is 2.21. The fraction of sp³-hybridized carbons (Fsp3) is 0.444. The molecular formula is C9H11F3N2. The minimum Gasteiger partial charge on any atom is -0.320 e. The van der Waals surface area contributed by atoms with E-state index in [0.29, 0.717) is 5.56 Å². The molecular weight excluding hydrogens is 193 g/mol. The molecule has 0 amide bonds. The summed E-state index contributed by atoms with van der Waals surface area (Å²) in [5, 5.41) is 0. The molecule has 1 heterocycles. The van der Waals surface area contributed by atoms with Crippen LogP contribution in [0, 0.1) is 6.92 Å². The van der Waals surface area contributed by atoms with Gasteiger partial charge in [0, 0.05) is 12.4 Å². The number of nitrogens with zero attached hydrogens (tertiary/aromatic N) is 1. The van der Waals surface area contributed by atoms with Crippen LogP contribution in [0.15, 0.2) is 18.5 Å². The summed E-state index contributed by atoms with van der Waals surface area (Å²) in [7, 11) is 0. The van der Waals surface area contributed by atoms with Crippen molar-refractivity contribution in [1.29, 1.82) is 0 Å². The normalized spacial score (nSPS) is 14.1. The van der Waals surface area contributed by atoms with E-state index in [1.165, 1.54) is 6.20 Å². The molecule has 0 aliphatic heterocycles. The molecule has 0 saturated heterocycles. The highest BCUT2D eigenvalue weighted by atomic mass is 19.4. The van der Waals surface area contributed by atoms with Crippen molar-refractivity contribution in [2.24, 2.45) is 5.73 Å². The Morgan fingerprint density at radius 1 is 1.43 bits per heavy atom. The summed E-state index contributed by atoms with van der Waals surface area (Å²) in [4.78, 5) is 3.80. The van der Waals surface area contributed by atoms with Crippen molar-refractivity contribution in [3.8, 4) is 0 Å². The van der Waals surface area contributed by atoms with Crippen molar-refractivity contribution in [3.05, 3.63) is 29.6 Å². The van der Waals surface area contributed by atoms with E-state index in [0.717, 1.165) is 5.56 Å². The molecule has 0 bridgehead atoms. The summed E-state index contributed by atoms with van der Waals surface area (Å²) >= 11 is 0. The fourth-order valence-corrected chi connectivity index (χ4v) is 1.10. The van der Waals surface area contributed by atoms with E-state index in [-0.39, 0.29) is 6.42 Å². The SMILES string of the molecule is Cc1cncc(CC(N)C(F)(F)F)c1. The van der Waals surface area contributed by atoms with Crippen molar-refractivity contribution in [2.75, 3.05) is 0 Å². The predicted molar refractivity (Wildman–Crippen MR) is 46.7 cm³/mol. The monoisotopic (exact) mass is 204 g/mol. The molecule has 1 unspecified atom stereocenters. The van der Waals surface area contributed by atoms with Gasteiger partial charge in [0.2, 0.25) is 0 Å². The molecule has 1 rings (SSSR count). The van der Waals surface area contributed by atoms with Crippen LogP contribution in [-0.2, 0) is 6.42 Å². The Morgan fingerprint density at radius 3 is 2.57 bits per heavy atom. The van der Waals surface area contributed by atoms with Gasteiger partial charge < -0.3 is 5.73 Å². The summed E-state index contributed by atoms with van der Waals surface area (Å²) < 4.78 is 36.3. The maximum absolute atomic E-state index is 12.1. The van der Waals surface area contributed by atoms with Crippen LogP contribution in [0.2, 0.25) is 0 Å². The standard InChI is InChI=1S/C9H11F3N2/c1-6-2-7(5-14-4-6)3-8(13)9(10,11)12/h2,4-5,8H,3,13H2,1H3. The Bertz CT molecular complexity index is 309. The van der Waals surface area contributed by atoms with Gasteiger partial charge in [0.1, 0.15) is 6.04 Å². The van der Waals surface area contributed by atoms with Gasteiger partial charge in [-0.2, -0.15) is 13.2 Å². The van der Waals surface area contributed by atoms with E-state index in [4.69, 9.17) is 5.73 Å². The van der Waals surface area contributed by atoms with Crippen LogP contribution in [0.1, 0.15) is 11.1 Å². The molecule has 1 aromatic heterocycles. The Morgan fingerprint density at radius 2 is 2.07 bits per heavy atom. The zero-order chi connectivity index (χ0) is 10.8. The highest BCUT2D eigenvalue weighted by molar-refractivity contribution is 5.17. The number of hydrogen-bond donors (Lipinski definition) is 1. The molecule has 0 spiro atoms. The first-order valence-corrected chi connectivity index (χ1v) is 4.12. The summed E-state index contributed by atoms with van der Waals surface area (Å²) in [6.45, 7) is 1.77. The number of pyridine rings is 1. The van der Waals surface area contributed by atoms with E-state index in [1.807, 2.05) is 0 Å². The third-order valence-electron chi connectivity index (χ3n) is 1.81. The second kappa shape index (κ2) is 3.96. The fourth-order valence-electron chi connectivity index (χ4n) is 1.10. The quantitative estimate of drug-likeness (QED) is 0.798. The molecule has 0 radical (unpaired) electrons. The summed E-state index contributed by atoms with van der Waals surface area (Å²) in [5.74, 6) is 0. The first-order chi connectivity index (χ1) is 6.39. The molecule has 0 saturated carbocycles. The number of rotatable bonds is 2. The van der Waals surface area contributed by atoms with Crippen LogP contribution in [0.4, 0.5) is 13.2 Å². The third kappa shape index (κ3) is 2.99. The smallest absolute Gasteiger partial charge is 0.320 e. The first kappa shape index (κ1) is 11.0. The Balaban J connectivity index is 2.70. The zero-order valence-corrected chi connectivity index (χ0v) is 7.67. The Hall–Kier alpha value is -1.10. The number of nitrogens with two attached hydrogens (primary N) is 1. The lowest BCUT2D eigenvalue weighted by Gasteiger charge is -2.15. The minimum atomic E-state index is -4.34. The van der Waals surface area contributed by atoms with E-state index >= 15 is 0 Å². The second-order valence-electron chi connectivity index (χ2n) is 3.22. The van der Waals surface area contributed by atoms with Crippen molar-refractivity contribution < 1.29 is 13.2 Å². The van der Waals surface area contributed by atoms with Gasteiger partial charge in [0.25, 0.3) is 0 Å². The van der Waals surface area contributed by atoms with Crippen molar-refractivity contribution in [3.63, 3.8) is 0 Å². The van der Waals surface area contributed by atoms with Gasteiger partial charge in [-0.25, -0.2) is 0 Å². The summed E-state index contributed by atoms with van der Waals surface area (Å²) in [5.41, 5.74) is 6.32. The van der Waals surface area contributed by atoms with Crippen LogP contribution in [0.3, 0.4) is 0 Å². The summed E-state index contributed by atoms with van der Waals surface area (Å²) in [6, 6.07) is -0.162. The van der Waals surface area contributed by atoms with Gasteiger partial charge in [0.15, 0.2) is 0 Å². The summed E-state index contributed by atoms with van der Waals surface area (Å²) in [6.07, 6.45) is -1.58. The zero-order valence-electron chi connectivity index (χ0n) is 7.67. The van der Waals surface area contributed by atoms with Crippen LogP contribution in [0.5, 0.6) is 0 Å². The topological polar surface area (TPSA) is 38.9 Å². The number of halogens is 3. The van der Waals surface area contributed by atoms with Gasteiger partial charge in [-0.3, -0.25) is 4.98 Å². The van der Waals surface area contributed by atoms with Gasteiger partial charge >= 0.3 is 6.18 Å². The van der Waals surface area contributed by atoms with Gasteiger partial charge in [-0.05, 0) is 24.5 Å². The van der Waals surface area contributed by atoms with E-state index in [1.54, 1.807) is 19.2 Å². The van der Waals surface area contributed by atoms with E-state index in [2.05, 4.69) is 4.98 Å². The average molecular weight is 204 g/mol. The molecule has 2 N–H and O–H groups in total. The number of alkyl halides is 3. The maximum Gasteiger partial charge on any atom is 0.403 e. The van der Waals surface area contributed by atoms with Gasteiger partial charge in [-0.15, -0.1) is 0 Å². The number of hydrogen-bond acceptors (Lipinski definition) is 2. The van der Waals surface area contributed by atoms with Crippen molar-refractivity contribution in [2.45, 2.75) is 25.6 Å². The minimum absolute atomic E-state index is 0.224. The lowest BCUT2D eigenvalue weighted by Crippen LogP contribution is -2.39. The first-order valence-electron chi connectivity index (χ1n) is 4.12. The lowest BCUT2D eigenvalue weighted by molar-refractivity contribution is -0.147. The third-order valence-corrected chi connectivity index (χ3v) is 1.81. The highest BCUT2D eigenvalue weighted by Gasteiger charge is 2.36. The van der Waals surface area contributed by atoms with Gasteiger partial charge in [-0.1, -0.05) is 6.07 Å². The van der Waals surface area contributed by atoms with E-state index < -0.39 is 12.2 Å². The molecule has 2 nitrogen and oxygen atoms in total. The Labute approximate surface area is 79.9 Å². The van der Waals surface area contributed by atoms with Crippen LogP contribution >= 0.6 is 0 Å². The second-order valence-corrected chi connectivity index (χ2v) is 3.22. The van der Waals surface area contributed by atoms with E-state index in [9.17, 15) is 13.2 Å². The maximum atomic E-state index is 12.1. The van der Waals surface area contributed by atoms with Crippen LogP contribution in [0.25, 0.3) is 0 Å². The molecule has 1 atom stereocenters. The number of aromatic nitrogens is 1. The molecule has 14 heavy (non-hydrogen) atoms. The van der Waals surface area contributed by atoms with Crippen molar-refractivity contribution >= 4 is 0 Å².